The van der Waals surface area contributed by atoms with Crippen molar-refractivity contribution in [3.8, 4) is 5.75 Å². The van der Waals surface area contributed by atoms with Gasteiger partial charge in [-0.3, -0.25) is 53.2 Å². The molecule has 1 aromatic heterocycles. The van der Waals surface area contributed by atoms with Gasteiger partial charge >= 0.3 is 25.9 Å². The van der Waals surface area contributed by atoms with Gasteiger partial charge in [0.05, 0.1) is 31.0 Å². The molecule has 3 aliphatic heterocycles. The molecular weight excluding hydrogens is 1420 g/mol. The molecule has 7 atom stereocenters. The molecule has 7 amide bonds. The van der Waals surface area contributed by atoms with Crippen molar-refractivity contribution in [2.24, 2.45) is 11.5 Å². The quantitative estimate of drug-likeness (QED) is 0.0204. The molecule has 562 valence electrons. The third-order valence-electron chi connectivity index (χ3n) is 18.1. The number of Topliss-reactive ketones (excluding diaryl/α,β-unsaturated/α-hetero) is 1. The van der Waals surface area contributed by atoms with Crippen LogP contribution in [0, 0.1) is 0 Å². The molecule has 3 fully saturated rings. The second-order valence-corrected chi connectivity index (χ2v) is 26.2. The zero-order valence-corrected chi connectivity index (χ0v) is 61.8. The van der Waals surface area contributed by atoms with E-state index in [0.29, 0.717) is 80.2 Å². The van der Waals surface area contributed by atoms with Crippen molar-refractivity contribution >= 4 is 95.9 Å². The number of alkyl carbamates (subject to hydrolysis) is 1. The molecule has 0 saturated carbocycles. The van der Waals surface area contributed by atoms with E-state index in [4.69, 9.17) is 20.9 Å². The maximum atomic E-state index is 15.3. The minimum atomic E-state index is -1.42. The minimum Gasteiger partial charge on any atom is -0.549 e. The van der Waals surface area contributed by atoms with E-state index in [0.717, 1.165) is 16.5 Å². The van der Waals surface area contributed by atoms with Gasteiger partial charge in [-0.05, 0) is 78.7 Å². The Balaban J connectivity index is 0.000000456. The first-order chi connectivity index (χ1) is 50.6. The number of aromatic nitrogens is 1. The number of hydrogen-bond donors (Lipinski definition) is 9. The number of carboxylic acids is 3. The van der Waals surface area contributed by atoms with E-state index in [-0.39, 0.29) is 130 Å². The van der Waals surface area contributed by atoms with Crippen LogP contribution in [0.5, 0.6) is 5.75 Å². The number of carbonyl (C=O) groups excluding carboxylic acids is 11. The summed E-state index contributed by atoms with van der Waals surface area (Å²) in [5, 5.41) is 50.8. The number of fused-ring (bicyclic) bond motifs is 2. The monoisotopic (exact) mass is 1510 g/mol. The van der Waals surface area contributed by atoms with Crippen molar-refractivity contribution in [3.05, 3.63) is 174 Å². The Bertz CT molecular complexity index is 3770. The number of unbranched alkanes of at least 4 members (excludes halogenated alkanes) is 1. The fraction of sp³-hybridized carbons (Fsp3) is 0.427. The van der Waals surface area contributed by atoms with E-state index in [2.05, 4.69) is 36.9 Å². The number of carbonyl (C=O) groups is 11. The van der Waals surface area contributed by atoms with Gasteiger partial charge < -0.3 is 92.4 Å². The van der Waals surface area contributed by atoms with Crippen molar-refractivity contribution in [1.82, 2.24) is 61.4 Å². The summed E-state index contributed by atoms with van der Waals surface area (Å²) in [4.78, 5) is 159. The maximum absolute atomic E-state index is 15.3. The average Bonchev–Trinajstić information content (AvgIpc) is 1.64. The number of ether oxygens (including phenoxy) is 2. The van der Waals surface area contributed by atoms with Crippen LogP contribution in [0.25, 0.3) is 10.9 Å². The van der Waals surface area contributed by atoms with Crippen LogP contribution in [-0.2, 0) is 78.6 Å². The number of para-hydroxylation sites is 1. The third-order valence-corrected chi connectivity index (χ3v) is 18.1. The van der Waals surface area contributed by atoms with Crippen LogP contribution in [0.1, 0.15) is 66.5 Å². The number of hydrogen-bond acceptors (Lipinski definition) is 22. The SMILES string of the molecule is CC(=O)CN1CCN(CC(=O)[O-])CCN(CC(=O)[O-])CCN(CC(=O)[O-])CC1.NCCCC[C@@H]1NC(=O)[C@@H](Cc2c[nH]c3ccccc23)NC(=O)[C@H](c2ccccc2)NC(=O)[C@@H]2C[C@@H](OC(=O)NCCN)CN2C(=O)[C@H](Cc2ccccc2)NC(=O)[C@H](Cc2ccc(OCc3ccccc3)cc2)NC1=O.[68Ga+3]. The number of ketones is 1. The predicted molar refractivity (Wildman–Crippen MR) is 386 cm³/mol. The minimum absolute atomic E-state index is 0. The third kappa shape index (κ3) is 26.9. The Kier molecular flexibility index (Phi) is 33.7. The summed E-state index contributed by atoms with van der Waals surface area (Å²) in [6.07, 6.45) is 0.652. The predicted octanol–water partition coefficient (Wildman–Crippen LogP) is -2.97. The number of nitrogens with zero attached hydrogens (tertiary/aromatic N) is 5. The number of aliphatic carboxylic acids is 3. The molecule has 31 heteroatoms. The molecule has 0 unspecified atom stereocenters. The van der Waals surface area contributed by atoms with E-state index in [1.165, 1.54) is 11.8 Å². The molecule has 0 bridgehead atoms. The molecular formula is C75H93GaN14O16. The summed E-state index contributed by atoms with van der Waals surface area (Å²) in [5.41, 5.74) is 15.7. The first kappa shape index (κ1) is 83.3. The summed E-state index contributed by atoms with van der Waals surface area (Å²) in [7, 11) is 0. The van der Waals surface area contributed by atoms with Crippen molar-refractivity contribution in [3.63, 3.8) is 0 Å². The number of nitrogens with one attached hydrogen (secondary N) is 7. The Labute approximate surface area is 628 Å². The normalized spacial score (nSPS) is 20.8. The first-order valence-electron chi connectivity index (χ1n) is 35.2. The summed E-state index contributed by atoms with van der Waals surface area (Å²) in [6.45, 7) is 3.93. The smallest absolute Gasteiger partial charge is 0.549 e. The zero-order valence-electron chi connectivity index (χ0n) is 59.4. The summed E-state index contributed by atoms with van der Waals surface area (Å²) in [6, 6.07) is 33.6. The van der Waals surface area contributed by atoms with Crippen LogP contribution in [0.4, 0.5) is 4.79 Å². The molecule has 4 heterocycles. The van der Waals surface area contributed by atoms with Crippen LogP contribution < -0.4 is 63.4 Å². The largest absolute Gasteiger partial charge is 3.00 e. The number of carboxylic acid groups (broad SMARTS) is 3. The Morgan fingerprint density at radius 2 is 1.00 bits per heavy atom. The Morgan fingerprint density at radius 3 is 1.56 bits per heavy atom. The standard InChI is InChI=1S/C58H66N10O9.C17H30N4O7.Ga/c59-27-13-12-22-46-52(69)64-47(30-38-23-25-42(26-24-38)76-36-39-16-6-2-7-17-39)53(70)66-49(31-37-14-4-1-5-15-37)57(74)68-35-43(77-58(75)61-29-28-60)33-50(68)55(72)67-51(40-18-8-3-9-19-40)56(73)65-48(54(71)63-46)32-41-34-62-45-21-11-10-20-44(41)45;1-14(22)10-18-2-4-19(11-15(23)24)6-8-21(13-17(27)28)9-7-20(5-3-18)12-16(25)26;/h1-11,14-21,23-26,34,43,46-51,62H,12-13,22,27-33,35-36,59-60H2,(H,61,75)(H,63,71)(H,64,69)(H,65,73)(H,66,70)(H,67,72);2-13H2,1H3,(H,23,24)(H,25,26)(H,27,28);/q;;+3/p-3/t43-,46+,47+,48-,49+,50+,51+;;/m1../s1/i;;1-2. The number of amides is 7. The van der Waals surface area contributed by atoms with Crippen LogP contribution in [0.15, 0.2) is 146 Å². The van der Waals surface area contributed by atoms with Crippen LogP contribution in [-0.4, -0.2) is 256 Å². The van der Waals surface area contributed by atoms with Crippen molar-refractivity contribution in [1.29, 1.82) is 0 Å². The number of aromatic amines is 1. The fourth-order valence-corrected chi connectivity index (χ4v) is 12.7. The van der Waals surface area contributed by atoms with E-state index in [9.17, 15) is 58.5 Å². The number of nitrogens with two attached hydrogens (primary N) is 2. The summed E-state index contributed by atoms with van der Waals surface area (Å²) >= 11 is 0. The number of benzene rings is 5. The van der Waals surface area contributed by atoms with Gasteiger partial charge in [-0.2, -0.15) is 0 Å². The average molecular weight is 1510 g/mol. The maximum Gasteiger partial charge on any atom is 3.00 e. The summed E-state index contributed by atoms with van der Waals surface area (Å²) < 4.78 is 11.8. The van der Waals surface area contributed by atoms with E-state index in [1.54, 1.807) is 99.8 Å². The van der Waals surface area contributed by atoms with Crippen molar-refractivity contribution in [2.45, 2.75) is 101 Å². The molecule has 0 spiro atoms. The van der Waals surface area contributed by atoms with Gasteiger partial charge in [0.15, 0.2) is 0 Å². The van der Waals surface area contributed by atoms with E-state index >= 15 is 9.59 Å². The van der Waals surface area contributed by atoms with Gasteiger partial charge in [0.2, 0.25) is 35.4 Å². The molecule has 3 saturated heterocycles. The van der Waals surface area contributed by atoms with E-state index < -0.39 is 102 Å². The second-order valence-electron chi connectivity index (χ2n) is 26.2. The molecule has 11 N–H and O–H groups in total. The topological polar surface area (TPSA) is 432 Å². The molecule has 0 aliphatic carbocycles. The van der Waals surface area contributed by atoms with Gasteiger partial charge in [0, 0.05) is 128 Å². The summed E-state index contributed by atoms with van der Waals surface area (Å²) in [5.74, 6) is -7.56. The molecule has 0 radical (unpaired) electrons. The molecule has 6 aromatic rings. The van der Waals surface area contributed by atoms with Gasteiger partial charge in [-0.15, -0.1) is 0 Å². The zero-order chi connectivity index (χ0) is 75.2. The fourth-order valence-electron chi connectivity index (χ4n) is 12.7. The molecule has 30 nitrogen and oxygen atoms in total. The second kappa shape index (κ2) is 42.8. The Hall–Kier alpha value is -9.99. The van der Waals surface area contributed by atoms with Crippen LogP contribution in [0.2, 0.25) is 0 Å². The molecule has 9 rings (SSSR count). The van der Waals surface area contributed by atoms with E-state index in [1.807, 2.05) is 65.6 Å². The first-order valence-corrected chi connectivity index (χ1v) is 35.2. The number of H-pyrrole nitrogens is 1. The molecule has 106 heavy (non-hydrogen) atoms. The van der Waals surface area contributed by atoms with Crippen LogP contribution in [0.3, 0.4) is 0 Å². The van der Waals surface area contributed by atoms with Crippen molar-refractivity contribution in [2.75, 3.05) is 105 Å². The van der Waals surface area contributed by atoms with Gasteiger partial charge in [0.1, 0.15) is 60.5 Å². The Morgan fingerprint density at radius 1 is 0.519 bits per heavy atom. The van der Waals surface area contributed by atoms with Gasteiger partial charge in [-0.25, -0.2) is 4.79 Å². The molecule has 3 aliphatic rings. The van der Waals surface area contributed by atoms with Crippen LogP contribution >= 0.6 is 0 Å². The number of rotatable bonds is 25. The van der Waals surface area contributed by atoms with Gasteiger partial charge in [0.25, 0.3) is 0 Å². The van der Waals surface area contributed by atoms with Gasteiger partial charge in [-0.1, -0.05) is 121 Å². The molecule has 5 aromatic carbocycles. The van der Waals surface area contributed by atoms with Crippen molar-refractivity contribution < 1.29 is 77.5 Å².